The summed E-state index contributed by atoms with van der Waals surface area (Å²) in [5.74, 6) is 1.38. The van der Waals surface area contributed by atoms with Crippen molar-refractivity contribution in [3.8, 4) is 11.5 Å². The lowest BCUT2D eigenvalue weighted by molar-refractivity contribution is 0.102. The van der Waals surface area contributed by atoms with Gasteiger partial charge in [-0.1, -0.05) is 37.3 Å². The van der Waals surface area contributed by atoms with Crippen molar-refractivity contribution in [3.63, 3.8) is 0 Å². The number of benzene rings is 3. The van der Waals surface area contributed by atoms with Gasteiger partial charge in [-0.2, -0.15) is 4.31 Å². The Hall–Kier alpha value is -3.16. The predicted octanol–water partition coefficient (Wildman–Crippen LogP) is 5.15. The lowest BCUT2D eigenvalue weighted by Crippen LogP contribution is -2.37. The first-order valence-electron chi connectivity index (χ1n) is 10.7. The Morgan fingerprint density at radius 1 is 0.906 bits per heavy atom. The predicted molar refractivity (Wildman–Crippen MR) is 125 cm³/mol. The SMILES string of the molecule is CC1CCN(S(=O)(=O)c2ccc(C(=O)Nc3ccccc3Oc3ccccc3)cc2)CC1. The molecule has 4 rings (SSSR count). The molecule has 1 amide bonds. The molecule has 1 N–H and O–H groups in total. The number of nitrogens with zero attached hydrogens (tertiary/aromatic N) is 1. The first-order chi connectivity index (χ1) is 15.4. The van der Waals surface area contributed by atoms with E-state index in [1.54, 1.807) is 12.1 Å². The van der Waals surface area contributed by atoms with Crippen LogP contribution in [0.1, 0.15) is 30.1 Å². The van der Waals surface area contributed by atoms with Crippen molar-refractivity contribution < 1.29 is 17.9 Å². The number of carbonyl (C=O) groups excluding carboxylic acids is 1. The third-order valence-electron chi connectivity index (χ3n) is 5.60. The third-order valence-corrected chi connectivity index (χ3v) is 7.52. The Morgan fingerprint density at radius 2 is 1.53 bits per heavy atom. The van der Waals surface area contributed by atoms with E-state index in [0.29, 0.717) is 41.8 Å². The minimum absolute atomic E-state index is 0.205. The zero-order valence-corrected chi connectivity index (χ0v) is 18.7. The lowest BCUT2D eigenvalue weighted by atomic mass is 10.0. The molecular formula is C25H26N2O4S. The smallest absolute Gasteiger partial charge is 0.255 e. The summed E-state index contributed by atoms with van der Waals surface area (Å²) in [6.45, 7) is 3.20. The van der Waals surface area contributed by atoms with Gasteiger partial charge in [-0.05, 0) is 67.3 Å². The van der Waals surface area contributed by atoms with Crippen molar-refractivity contribution in [2.45, 2.75) is 24.7 Å². The molecule has 6 nitrogen and oxygen atoms in total. The summed E-state index contributed by atoms with van der Waals surface area (Å²) in [6, 6.07) is 22.5. The normalized spacial score (nSPS) is 15.3. The molecule has 0 atom stereocenters. The largest absolute Gasteiger partial charge is 0.455 e. The van der Waals surface area contributed by atoms with Crippen molar-refractivity contribution in [1.82, 2.24) is 4.31 Å². The molecule has 0 radical (unpaired) electrons. The van der Waals surface area contributed by atoms with Gasteiger partial charge in [0.1, 0.15) is 5.75 Å². The van der Waals surface area contributed by atoms with Gasteiger partial charge in [0.15, 0.2) is 5.75 Å². The number of piperidine rings is 1. The van der Waals surface area contributed by atoms with Crippen molar-refractivity contribution in [2.24, 2.45) is 5.92 Å². The summed E-state index contributed by atoms with van der Waals surface area (Å²) in [5, 5.41) is 2.85. The fourth-order valence-electron chi connectivity index (χ4n) is 3.62. The van der Waals surface area contributed by atoms with E-state index in [2.05, 4.69) is 12.2 Å². The van der Waals surface area contributed by atoms with E-state index < -0.39 is 10.0 Å². The van der Waals surface area contributed by atoms with Gasteiger partial charge >= 0.3 is 0 Å². The molecule has 3 aromatic carbocycles. The second kappa shape index (κ2) is 9.54. The van der Waals surface area contributed by atoms with Crippen LogP contribution in [-0.4, -0.2) is 31.7 Å². The Balaban J connectivity index is 1.47. The summed E-state index contributed by atoms with van der Waals surface area (Å²) in [4.78, 5) is 13.0. The average molecular weight is 451 g/mol. The zero-order chi connectivity index (χ0) is 22.6. The van der Waals surface area contributed by atoms with Crippen LogP contribution in [0.3, 0.4) is 0 Å². The number of para-hydroxylation sites is 3. The first kappa shape index (κ1) is 22.0. The van der Waals surface area contributed by atoms with Gasteiger partial charge in [0.2, 0.25) is 10.0 Å². The van der Waals surface area contributed by atoms with Gasteiger partial charge in [-0.3, -0.25) is 4.79 Å². The highest BCUT2D eigenvalue weighted by Gasteiger charge is 2.28. The van der Waals surface area contributed by atoms with Gasteiger partial charge in [-0.25, -0.2) is 8.42 Å². The number of anilines is 1. The monoisotopic (exact) mass is 450 g/mol. The molecule has 1 saturated heterocycles. The Morgan fingerprint density at radius 3 is 2.22 bits per heavy atom. The molecule has 0 aliphatic carbocycles. The maximum absolute atomic E-state index is 12.9. The molecule has 0 saturated carbocycles. The lowest BCUT2D eigenvalue weighted by Gasteiger charge is -2.29. The quantitative estimate of drug-likeness (QED) is 0.563. The number of amides is 1. The average Bonchev–Trinajstić information content (AvgIpc) is 2.81. The summed E-state index contributed by atoms with van der Waals surface area (Å²) in [6.07, 6.45) is 1.73. The summed E-state index contributed by atoms with van der Waals surface area (Å²) in [7, 11) is -3.55. The molecule has 0 bridgehead atoms. The summed E-state index contributed by atoms with van der Waals surface area (Å²) < 4.78 is 33.2. The number of rotatable bonds is 6. The van der Waals surface area contributed by atoms with E-state index in [1.165, 1.54) is 28.6 Å². The maximum Gasteiger partial charge on any atom is 0.255 e. The van der Waals surface area contributed by atoms with E-state index in [1.807, 2.05) is 42.5 Å². The van der Waals surface area contributed by atoms with Gasteiger partial charge in [-0.15, -0.1) is 0 Å². The van der Waals surface area contributed by atoms with Crippen LogP contribution in [0.2, 0.25) is 0 Å². The number of sulfonamides is 1. The molecule has 166 valence electrons. The van der Waals surface area contributed by atoms with Crippen LogP contribution >= 0.6 is 0 Å². The van der Waals surface area contributed by atoms with Crippen LogP contribution in [0.15, 0.2) is 83.8 Å². The Labute approximate surface area is 188 Å². The number of nitrogens with one attached hydrogen (secondary N) is 1. The molecule has 3 aromatic rings. The zero-order valence-electron chi connectivity index (χ0n) is 17.9. The summed E-state index contributed by atoms with van der Waals surface area (Å²) >= 11 is 0. The van der Waals surface area contributed by atoms with Crippen LogP contribution in [0.25, 0.3) is 0 Å². The molecule has 1 heterocycles. The van der Waals surface area contributed by atoms with E-state index in [9.17, 15) is 13.2 Å². The molecule has 0 spiro atoms. The second-order valence-corrected chi connectivity index (χ2v) is 9.91. The minimum Gasteiger partial charge on any atom is -0.455 e. The van der Waals surface area contributed by atoms with Crippen LogP contribution in [0, 0.1) is 5.92 Å². The van der Waals surface area contributed by atoms with E-state index in [4.69, 9.17) is 4.74 Å². The summed E-state index contributed by atoms with van der Waals surface area (Å²) in [5.41, 5.74) is 0.895. The van der Waals surface area contributed by atoms with Gasteiger partial charge in [0.05, 0.1) is 10.6 Å². The fraction of sp³-hybridized carbons (Fsp3) is 0.240. The molecule has 0 unspecified atom stereocenters. The number of hydrogen-bond donors (Lipinski definition) is 1. The highest BCUT2D eigenvalue weighted by atomic mass is 32.2. The van der Waals surface area contributed by atoms with Crippen molar-refractivity contribution in [3.05, 3.63) is 84.4 Å². The third kappa shape index (κ3) is 5.00. The van der Waals surface area contributed by atoms with Crippen molar-refractivity contribution >= 4 is 21.6 Å². The Bertz CT molecular complexity index is 1170. The molecule has 32 heavy (non-hydrogen) atoms. The van der Waals surface area contributed by atoms with E-state index in [-0.39, 0.29) is 10.8 Å². The number of ether oxygens (including phenoxy) is 1. The van der Waals surface area contributed by atoms with E-state index >= 15 is 0 Å². The molecule has 0 aromatic heterocycles. The van der Waals surface area contributed by atoms with Crippen molar-refractivity contribution in [2.75, 3.05) is 18.4 Å². The standard InChI is InChI=1S/C25H26N2O4S/c1-19-15-17-27(18-16-19)32(29,30)22-13-11-20(12-14-22)25(28)26-23-9-5-6-10-24(23)31-21-7-3-2-4-8-21/h2-14,19H,15-18H2,1H3,(H,26,28). The van der Waals surface area contributed by atoms with Crippen LogP contribution in [0.5, 0.6) is 11.5 Å². The molecule has 1 fully saturated rings. The van der Waals surface area contributed by atoms with Crippen molar-refractivity contribution in [1.29, 1.82) is 0 Å². The minimum atomic E-state index is -3.55. The maximum atomic E-state index is 12.9. The van der Waals surface area contributed by atoms with Gasteiger partial charge < -0.3 is 10.1 Å². The van der Waals surface area contributed by atoms with Crippen LogP contribution in [0.4, 0.5) is 5.69 Å². The molecule has 7 heteroatoms. The second-order valence-electron chi connectivity index (χ2n) is 7.98. The topological polar surface area (TPSA) is 75.7 Å². The van der Waals surface area contributed by atoms with Crippen LogP contribution in [-0.2, 0) is 10.0 Å². The van der Waals surface area contributed by atoms with Gasteiger partial charge in [0.25, 0.3) is 5.91 Å². The fourth-order valence-corrected chi connectivity index (χ4v) is 5.09. The number of carbonyl (C=O) groups is 1. The molecular weight excluding hydrogens is 424 g/mol. The molecule has 1 aliphatic heterocycles. The first-order valence-corrected chi connectivity index (χ1v) is 12.1. The Kier molecular flexibility index (Phi) is 6.58. The van der Waals surface area contributed by atoms with Crippen LogP contribution < -0.4 is 10.1 Å². The van der Waals surface area contributed by atoms with Gasteiger partial charge in [0, 0.05) is 18.7 Å². The number of hydrogen-bond acceptors (Lipinski definition) is 4. The highest BCUT2D eigenvalue weighted by Crippen LogP contribution is 2.30. The highest BCUT2D eigenvalue weighted by molar-refractivity contribution is 7.89. The molecule has 1 aliphatic rings. The van der Waals surface area contributed by atoms with E-state index in [0.717, 1.165) is 12.8 Å².